The Kier molecular flexibility index (Phi) is 8.86. The second-order valence-electron chi connectivity index (χ2n) is 6.88. The van der Waals surface area contributed by atoms with Crippen LogP contribution in [0.25, 0.3) is 11.0 Å². The molecular formula is C23H31FN2S. The second-order valence-corrected chi connectivity index (χ2v) is 7.76. The highest BCUT2D eigenvalue weighted by Crippen LogP contribution is 2.22. The molecule has 1 aromatic heterocycles. The lowest BCUT2D eigenvalue weighted by Crippen LogP contribution is -1.96. The van der Waals surface area contributed by atoms with E-state index in [4.69, 9.17) is 0 Å². The Morgan fingerprint density at radius 2 is 1.81 bits per heavy atom. The fraction of sp³-hybridized carbons (Fsp3) is 0.435. The minimum absolute atomic E-state index is 0.216. The highest BCUT2D eigenvalue weighted by molar-refractivity contribution is 7.98. The van der Waals surface area contributed by atoms with E-state index >= 15 is 0 Å². The summed E-state index contributed by atoms with van der Waals surface area (Å²) in [5, 5.41) is 0. The Balaban J connectivity index is 0.000000223. The van der Waals surface area contributed by atoms with Gasteiger partial charge in [0.25, 0.3) is 0 Å². The van der Waals surface area contributed by atoms with Gasteiger partial charge in [0.1, 0.15) is 11.6 Å². The number of halogens is 1. The van der Waals surface area contributed by atoms with Gasteiger partial charge in [-0.2, -0.15) is 0 Å². The summed E-state index contributed by atoms with van der Waals surface area (Å²) in [4.78, 5) is 9.07. The van der Waals surface area contributed by atoms with Crippen molar-refractivity contribution in [2.75, 3.05) is 6.26 Å². The molecule has 146 valence electrons. The molecule has 0 spiro atoms. The SMILES string of the molecule is CCCCCC(C)c1nc2ccc(F)cc2[nH]1.CCc1ccc(SC)cc1. The van der Waals surface area contributed by atoms with Crippen LogP contribution in [-0.4, -0.2) is 16.2 Å². The van der Waals surface area contributed by atoms with Gasteiger partial charge >= 0.3 is 0 Å². The van der Waals surface area contributed by atoms with E-state index in [-0.39, 0.29) is 5.82 Å². The highest BCUT2D eigenvalue weighted by Gasteiger charge is 2.10. The molecule has 2 nitrogen and oxygen atoms in total. The van der Waals surface area contributed by atoms with Crippen molar-refractivity contribution in [2.24, 2.45) is 0 Å². The van der Waals surface area contributed by atoms with E-state index in [9.17, 15) is 4.39 Å². The number of aryl methyl sites for hydroxylation is 1. The molecular weight excluding hydrogens is 355 g/mol. The summed E-state index contributed by atoms with van der Waals surface area (Å²) in [5.41, 5.74) is 3.06. The number of H-pyrrole nitrogens is 1. The van der Waals surface area contributed by atoms with E-state index in [0.29, 0.717) is 5.92 Å². The van der Waals surface area contributed by atoms with Gasteiger partial charge in [0, 0.05) is 10.8 Å². The summed E-state index contributed by atoms with van der Waals surface area (Å²) in [6, 6.07) is 13.4. The lowest BCUT2D eigenvalue weighted by Gasteiger charge is -2.06. The van der Waals surface area contributed by atoms with Crippen LogP contribution in [0.15, 0.2) is 47.4 Å². The van der Waals surface area contributed by atoms with Crippen LogP contribution in [-0.2, 0) is 6.42 Å². The fourth-order valence-corrected chi connectivity index (χ4v) is 3.34. The van der Waals surface area contributed by atoms with Gasteiger partial charge in [0.15, 0.2) is 0 Å². The number of nitrogens with zero attached hydrogens (tertiary/aromatic N) is 1. The first kappa shape index (κ1) is 21.5. The lowest BCUT2D eigenvalue weighted by molar-refractivity contribution is 0.581. The first-order valence-electron chi connectivity index (χ1n) is 9.85. The van der Waals surface area contributed by atoms with E-state index in [1.165, 1.54) is 41.9 Å². The number of fused-ring (bicyclic) bond motifs is 1. The minimum Gasteiger partial charge on any atom is -0.342 e. The summed E-state index contributed by atoms with van der Waals surface area (Å²) >= 11 is 1.79. The number of hydrogen-bond donors (Lipinski definition) is 1. The molecule has 27 heavy (non-hydrogen) atoms. The first-order chi connectivity index (χ1) is 13.1. The van der Waals surface area contributed by atoms with Crippen LogP contribution in [0.3, 0.4) is 0 Å². The van der Waals surface area contributed by atoms with Crippen molar-refractivity contribution in [2.45, 2.75) is 63.7 Å². The van der Waals surface area contributed by atoms with Crippen LogP contribution < -0.4 is 0 Å². The maximum Gasteiger partial charge on any atom is 0.125 e. The molecule has 0 aliphatic rings. The third-order valence-electron chi connectivity index (χ3n) is 4.74. The number of benzene rings is 2. The van der Waals surface area contributed by atoms with Crippen molar-refractivity contribution in [1.29, 1.82) is 0 Å². The molecule has 0 amide bonds. The topological polar surface area (TPSA) is 28.7 Å². The third kappa shape index (κ3) is 6.69. The third-order valence-corrected chi connectivity index (χ3v) is 5.48. The maximum atomic E-state index is 13.0. The molecule has 0 saturated carbocycles. The summed E-state index contributed by atoms with van der Waals surface area (Å²) < 4.78 is 13.0. The average molecular weight is 387 g/mol. The van der Waals surface area contributed by atoms with Crippen LogP contribution in [0.4, 0.5) is 4.39 Å². The van der Waals surface area contributed by atoms with Crippen LogP contribution in [0.1, 0.15) is 63.8 Å². The van der Waals surface area contributed by atoms with Gasteiger partial charge < -0.3 is 4.98 Å². The first-order valence-corrected chi connectivity index (χ1v) is 11.1. The Hall–Kier alpha value is -1.81. The summed E-state index contributed by atoms with van der Waals surface area (Å²) in [6.07, 6.45) is 8.09. The Labute approximate surface area is 167 Å². The molecule has 0 aliphatic heterocycles. The second kappa shape index (κ2) is 11.1. The summed E-state index contributed by atoms with van der Waals surface area (Å²) in [6.45, 7) is 6.55. The largest absolute Gasteiger partial charge is 0.342 e. The standard InChI is InChI=1S/C14H19FN2.C9H12S/c1-3-4-5-6-10(2)14-16-12-8-7-11(15)9-13(12)17-14;1-3-8-4-6-9(10-2)7-5-8/h7-10H,3-6H2,1-2H3,(H,16,17);4-7H,3H2,1-2H3. The predicted octanol–water partition coefficient (Wildman–Crippen LogP) is 7.36. The Morgan fingerprint density at radius 1 is 1.07 bits per heavy atom. The molecule has 0 radical (unpaired) electrons. The van der Waals surface area contributed by atoms with Gasteiger partial charge in [-0.3, -0.25) is 0 Å². The van der Waals surface area contributed by atoms with Gasteiger partial charge in [0.05, 0.1) is 11.0 Å². The van der Waals surface area contributed by atoms with Gasteiger partial charge in [0.2, 0.25) is 0 Å². The van der Waals surface area contributed by atoms with Crippen molar-refractivity contribution in [3.05, 3.63) is 59.7 Å². The molecule has 1 atom stereocenters. The number of imidazole rings is 1. The van der Waals surface area contributed by atoms with Crippen molar-refractivity contribution in [3.63, 3.8) is 0 Å². The quantitative estimate of drug-likeness (QED) is 0.339. The maximum absolute atomic E-state index is 13.0. The predicted molar refractivity (Wildman–Crippen MR) is 116 cm³/mol. The number of thioether (sulfide) groups is 1. The van der Waals surface area contributed by atoms with Crippen LogP contribution in [0.5, 0.6) is 0 Å². The van der Waals surface area contributed by atoms with Crippen molar-refractivity contribution in [3.8, 4) is 0 Å². The zero-order chi connectivity index (χ0) is 19.6. The number of aromatic amines is 1. The zero-order valence-corrected chi connectivity index (χ0v) is 17.7. The smallest absolute Gasteiger partial charge is 0.125 e. The van der Waals surface area contributed by atoms with Crippen LogP contribution in [0.2, 0.25) is 0 Å². The molecule has 0 bridgehead atoms. The van der Waals surface area contributed by atoms with Gasteiger partial charge in [-0.1, -0.05) is 52.2 Å². The number of rotatable bonds is 7. The normalized spacial score (nSPS) is 11.9. The molecule has 0 aliphatic carbocycles. The number of nitrogens with one attached hydrogen (secondary N) is 1. The van der Waals surface area contributed by atoms with Crippen molar-refractivity contribution >= 4 is 22.8 Å². The summed E-state index contributed by atoms with van der Waals surface area (Å²) in [7, 11) is 0. The van der Waals surface area contributed by atoms with Gasteiger partial charge in [-0.05, 0) is 55.0 Å². The monoisotopic (exact) mass is 386 g/mol. The fourth-order valence-electron chi connectivity index (χ4n) is 2.93. The molecule has 1 N–H and O–H groups in total. The number of unbranched alkanes of at least 4 members (excludes halogenated alkanes) is 2. The number of aromatic nitrogens is 2. The average Bonchev–Trinajstić information content (AvgIpc) is 3.12. The number of hydrogen-bond acceptors (Lipinski definition) is 2. The molecule has 0 fully saturated rings. The van der Waals surface area contributed by atoms with Crippen LogP contribution >= 0.6 is 11.8 Å². The molecule has 2 aromatic carbocycles. The molecule has 0 saturated heterocycles. The zero-order valence-electron chi connectivity index (χ0n) is 16.9. The van der Waals surface area contributed by atoms with E-state index < -0.39 is 0 Å². The molecule has 3 aromatic rings. The molecule has 1 heterocycles. The van der Waals surface area contributed by atoms with Crippen LogP contribution in [0, 0.1) is 5.82 Å². The molecule has 3 rings (SSSR count). The minimum atomic E-state index is -0.216. The van der Waals surface area contributed by atoms with E-state index in [0.717, 1.165) is 29.7 Å². The Bertz CT molecular complexity index is 788. The van der Waals surface area contributed by atoms with Gasteiger partial charge in [-0.15, -0.1) is 11.8 Å². The summed E-state index contributed by atoms with van der Waals surface area (Å²) in [5.74, 6) is 1.17. The van der Waals surface area contributed by atoms with E-state index in [1.807, 2.05) is 0 Å². The Morgan fingerprint density at radius 3 is 2.44 bits per heavy atom. The van der Waals surface area contributed by atoms with E-state index in [1.54, 1.807) is 17.8 Å². The molecule has 4 heteroatoms. The van der Waals surface area contributed by atoms with Crippen molar-refractivity contribution in [1.82, 2.24) is 9.97 Å². The van der Waals surface area contributed by atoms with Gasteiger partial charge in [-0.25, -0.2) is 9.37 Å². The van der Waals surface area contributed by atoms with E-state index in [2.05, 4.69) is 61.3 Å². The lowest BCUT2D eigenvalue weighted by atomic mass is 10.0. The van der Waals surface area contributed by atoms with Crippen molar-refractivity contribution < 1.29 is 4.39 Å². The highest BCUT2D eigenvalue weighted by atomic mass is 32.2. The molecule has 1 unspecified atom stereocenters.